The van der Waals surface area contributed by atoms with E-state index in [1.54, 1.807) is 0 Å². The number of carboxylic acids is 1. The first kappa shape index (κ1) is 13.6. The molecule has 0 saturated carbocycles. The van der Waals surface area contributed by atoms with E-state index in [1.165, 1.54) is 0 Å². The van der Waals surface area contributed by atoms with Crippen LogP contribution in [0, 0.1) is 5.92 Å². The Bertz CT molecular complexity index is 106. The molecule has 0 saturated heterocycles. The Kier molecular flexibility index (Phi) is 9.22. The molecule has 0 fully saturated rings. The van der Waals surface area contributed by atoms with Crippen molar-refractivity contribution in [2.24, 2.45) is 11.7 Å². The van der Waals surface area contributed by atoms with E-state index < -0.39 is 12.0 Å². The van der Waals surface area contributed by atoms with Gasteiger partial charge in [-0.05, 0) is 12.3 Å². The summed E-state index contributed by atoms with van der Waals surface area (Å²) in [6, 6.07) is -0.801. The van der Waals surface area contributed by atoms with Gasteiger partial charge in [0.15, 0.2) is 0 Å². The maximum atomic E-state index is 10.00. The molecule has 0 spiro atoms. The van der Waals surface area contributed by atoms with Crippen LogP contribution in [0.15, 0.2) is 0 Å². The largest absolute Gasteiger partial charge is 1.00 e. The van der Waals surface area contributed by atoms with Crippen molar-refractivity contribution in [3.8, 4) is 0 Å². The van der Waals surface area contributed by atoms with Crippen molar-refractivity contribution in [3.63, 3.8) is 0 Å². The molecule has 0 aliphatic carbocycles. The van der Waals surface area contributed by atoms with Gasteiger partial charge in [-0.1, -0.05) is 13.8 Å². The molecule has 0 aliphatic rings. The van der Waals surface area contributed by atoms with Gasteiger partial charge in [-0.15, -0.1) is 0 Å². The monoisotopic (exact) mass is 169 g/mol. The fraction of sp³-hybridized carbons (Fsp3) is 0.833. The Balaban J connectivity index is 0. The second-order valence-electron chi connectivity index (χ2n) is 2.56. The second-order valence-corrected chi connectivity index (χ2v) is 2.56. The summed E-state index contributed by atoms with van der Waals surface area (Å²) in [4.78, 5) is 10.00. The average molecular weight is 169 g/mol. The zero-order chi connectivity index (χ0) is 7.44. The van der Waals surface area contributed by atoms with Gasteiger partial charge in [0.25, 0.3) is 0 Å². The summed E-state index contributed by atoms with van der Waals surface area (Å²) in [6.45, 7) is 3.84. The minimum Gasteiger partial charge on any atom is -0.548 e. The molecule has 1 atom stereocenters. The van der Waals surface area contributed by atoms with Gasteiger partial charge in [0, 0.05) is 6.04 Å². The van der Waals surface area contributed by atoms with Crippen LogP contribution in [0.4, 0.5) is 0 Å². The van der Waals surface area contributed by atoms with E-state index >= 15 is 0 Å². The Morgan fingerprint density at radius 3 is 2.10 bits per heavy atom. The zero-order valence-corrected chi connectivity index (χ0v) is 9.88. The SMILES string of the molecule is CC(C)C[C@@H](N)C(=O)[O-].[K+]. The smallest absolute Gasteiger partial charge is 0.548 e. The Hall–Kier alpha value is 1.07. The van der Waals surface area contributed by atoms with Crippen LogP contribution >= 0.6 is 0 Å². The van der Waals surface area contributed by atoms with Crippen molar-refractivity contribution in [2.45, 2.75) is 26.3 Å². The average Bonchev–Trinajstić information content (AvgIpc) is 1.63. The number of rotatable bonds is 3. The van der Waals surface area contributed by atoms with E-state index in [1.807, 2.05) is 13.8 Å². The zero-order valence-electron chi connectivity index (χ0n) is 6.76. The van der Waals surface area contributed by atoms with Crippen LogP contribution in [0.1, 0.15) is 20.3 Å². The van der Waals surface area contributed by atoms with Crippen LogP contribution in [-0.2, 0) is 4.79 Å². The van der Waals surface area contributed by atoms with Gasteiger partial charge in [0.2, 0.25) is 0 Å². The van der Waals surface area contributed by atoms with Gasteiger partial charge < -0.3 is 15.6 Å². The fourth-order valence-corrected chi connectivity index (χ4v) is 0.604. The van der Waals surface area contributed by atoms with Crippen molar-refractivity contribution in [1.82, 2.24) is 0 Å². The summed E-state index contributed by atoms with van der Waals surface area (Å²) >= 11 is 0. The normalized spacial score (nSPS) is 12.4. The standard InChI is InChI=1S/C6H13NO2.K/c1-4(2)3-5(7)6(8)9;/h4-5H,3,7H2,1-2H3,(H,8,9);/q;+1/p-1/t5-;/m1./s1. The number of carboxylic acid groups (broad SMARTS) is 1. The molecule has 0 unspecified atom stereocenters. The molecule has 54 valence electrons. The van der Waals surface area contributed by atoms with E-state index in [0.717, 1.165) is 0 Å². The first-order valence-electron chi connectivity index (χ1n) is 3.00. The van der Waals surface area contributed by atoms with E-state index in [9.17, 15) is 9.90 Å². The summed E-state index contributed by atoms with van der Waals surface area (Å²) in [7, 11) is 0. The number of carbonyl (C=O) groups excluding carboxylic acids is 1. The summed E-state index contributed by atoms with van der Waals surface area (Å²) in [5.41, 5.74) is 5.16. The molecule has 0 aromatic heterocycles. The molecule has 2 N–H and O–H groups in total. The minimum absolute atomic E-state index is 0. The fourth-order valence-electron chi connectivity index (χ4n) is 0.604. The summed E-state index contributed by atoms with van der Waals surface area (Å²) < 4.78 is 0. The topological polar surface area (TPSA) is 66.2 Å². The molecule has 0 aromatic carbocycles. The van der Waals surface area contributed by atoms with Crippen molar-refractivity contribution >= 4 is 5.97 Å². The van der Waals surface area contributed by atoms with Crippen LogP contribution < -0.4 is 62.2 Å². The first-order chi connectivity index (χ1) is 4.04. The van der Waals surface area contributed by atoms with Gasteiger partial charge in [-0.2, -0.15) is 0 Å². The quantitative estimate of drug-likeness (QED) is 0.439. The van der Waals surface area contributed by atoms with Crippen molar-refractivity contribution in [2.75, 3.05) is 0 Å². The molecule has 0 rings (SSSR count). The van der Waals surface area contributed by atoms with Gasteiger partial charge in [-0.3, -0.25) is 0 Å². The van der Waals surface area contributed by atoms with Crippen LogP contribution in [-0.4, -0.2) is 12.0 Å². The summed E-state index contributed by atoms with van der Waals surface area (Å²) in [6.07, 6.45) is 0.488. The third kappa shape index (κ3) is 7.18. The van der Waals surface area contributed by atoms with Gasteiger partial charge in [0.1, 0.15) is 0 Å². The van der Waals surface area contributed by atoms with Crippen LogP contribution in [0.25, 0.3) is 0 Å². The Labute approximate surface area is 104 Å². The summed E-state index contributed by atoms with van der Waals surface area (Å²) in [5, 5.41) is 10.00. The van der Waals surface area contributed by atoms with E-state index in [0.29, 0.717) is 12.3 Å². The molecule has 10 heavy (non-hydrogen) atoms. The number of hydrogen-bond acceptors (Lipinski definition) is 3. The van der Waals surface area contributed by atoms with Crippen molar-refractivity contribution in [1.29, 1.82) is 0 Å². The predicted octanol–water partition coefficient (Wildman–Crippen LogP) is -3.89. The first-order valence-corrected chi connectivity index (χ1v) is 3.00. The van der Waals surface area contributed by atoms with Gasteiger partial charge in [-0.25, -0.2) is 0 Å². The third-order valence-corrected chi connectivity index (χ3v) is 1.03. The Morgan fingerprint density at radius 1 is 1.60 bits per heavy atom. The number of hydrogen-bond donors (Lipinski definition) is 1. The molecule has 3 nitrogen and oxygen atoms in total. The van der Waals surface area contributed by atoms with E-state index in [-0.39, 0.29) is 51.4 Å². The molecule has 0 bridgehead atoms. The third-order valence-electron chi connectivity index (χ3n) is 1.03. The van der Waals surface area contributed by atoms with Crippen molar-refractivity contribution < 1.29 is 61.3 Å². The second kappa shape index (κ2) is 6.76. The van der Waals surface area contributed by atoms with E-state index in [2.05, 4.69) is 0 Å². The number of carbonyl (C=O) groups is 1. The number of aliphatic carboxylic acids is 1. The summed E-state index contributed by atoms with van der Waals surface area (Å²) in [5.74, 6) is -0.846. The van der Waals surface area contributed by atoms with E-state index in [4.69, 9.17) is 5.73 Å². The molecule has 0 aromatic rings. The molecular weight excluding hydrogens is 157 g/mol. The predicted molar refractivity (Wildman–Crippen MR) is 32.4 cm³/mol. The minimum atomic E-state index is -1.16. The molecule has 0 radical (unpaired) electrons. The molecule has 0 heterocycles. The Morgan fingerprint density at radius 2 is 2.00 bits per heavy atom. The number of nitrogens with two attached hydrogens (primary N) is 1. The van der Waals surface area contributed by atoms with Crippen molar-refractivity contribution in [3.05, 3.63) is 0 Å². The van der Waals surface area contributed by atoms with Crippen LogP contribution in [0.2, 0.25) is 0 Å². The molecule has 0 aliphatic heterocycles. The maximum Gasteiger partial charge on any atom is 1.00 e. The van der Waals surface area contributed by atoms with Crippen LogP contribution in [0.3, 0.4) is 0 Å². The van der Waals surface area contributed by atoms with Crippen LogP contribution in [0.5, 0.6) is 0 Å². The van der Waals surface area contributed by atoms with Gasteiger partial charge >= 0.3 is 51.4 Å². The molecule has 0 amide bonds. The molecule has 4 heteroatoms. The maximum absolute atomic E-state index is 10.00. The molecular formula is C6H12KNO2. The van der Waals surface area contributed by atoms with Gasteiger partial charge in [0.05, 0.1) is 5.97 Å².